The van der Waals surface area contributed by atoms with Crippen molar-refractivity contribution in [2.75, 3.05) is 0 Å². The summed E-state index contributed by atoms with van der Waals surface area (Å²) in [6.07, 6.45) is 3.33. The molecule has 5 heteroatoms. The minimum Gasteiger partial charge on any atom is -1.00 e. The van der Waals surface area contributed by atoms with E-state index in [1.807, 2.05) is 0 Å². The molecule has 1 aromatic heterocycles. The molecule has 0 fully saturated rings. The first-order chi connectivity index (χ1) is 9.20. The van der Waals surface area contributed by atoms with Crippen LogP contribution in [0.25, 0.3) is 21.5 Å². The van der Waals surface area contributed by atoms with Gasteiger partial charge >= 0.3 is 35.5 Å². The Morgan fingerprint density at radius 1 is 1.20 bits per heavy atom. The molecule has 2 aromatic carbocycles. The van der Waals surface area contributed by atoms with Crippen molar-refractivity contribution in [1.29, 1.82) is 5.26 Å². The number of carbonyl (C=O) groups is 1. The molecule has 1 N–H and O–H groups in total. The van der Waals surface area contributed by atoms with E-state index in [1.54, 1.807) is 42.7 Å². The van der Waals surface area contributed by atoms with Crippen LogP contribution in [0.4, 0.5) is 0 Å². The number of pyridine rings is 1. The average Bonchev–Trinajstić information content (AvgIpc) is 2.45. The maximum absolute atomic E-state index is 11.0. The zero-order chi connectivity index (χ0) is 13.4. The van der Waals surface area contributed by atoms with Gasteiger partial charge in [0.15, 0.2) is 0 Å². The van der Waals surface area contributed by atoms with E-state index < -0.39 is 5.97 Å². The van der Waals surface area contributed by atoms with E-state index in [9.17, 15) is 10.1 Å². The molecular formula is C15H9N2NaO2. The Balaban J connectivity index is 0.00000110. The smallest absolute Gasteiger partial charge is 1.00 e. The van der Waals surface area contributed by atoms with Crippen molar-refractivity contribution < 1.29 is 40.9 Å². The van der Waals surface area contributed by atoms with Crippen molar-refractivity contribution in [3.63, 3.8) is 0 Å². The number of carboxylic acids is 1. The number of nitrogens with zero attached hydrogens (tertiary/aromatic N) is 2. The fraction of sp³-hybridized carbons (Fsp3) is 0. The first-order valence-electron chi connectivity index (χ1n) is 5.64. The molecule has 3 rings (SSSR count). The molecule has 0 radical (unpaired) electrons. The van der Waals surface area contributed by atoms with Gasteiger partial charge in [-0.1, -0.05) is 6.07 Å². The second kappa shape index (κ2) is 5.59. The van der Waals surface area contributed by atoms with Crippen molar-refractivity contribution in [2.24, 2.45) is 0 Å². The van der Waals surface area contributed by atoms with Gasteiger partial charge in [-0.25, -0.2) is 4.79 Å². The minimum atomic E-state index is -0.980. The summed E-state index contributed by atoms with van der Waals surface area (Å²) in [6.45, 7) is 0. The summed E-state index contributed by atoms with van der Waals surface area (Å²) in [5.74, 6) is -0.980. The average molecular weight is 272 g/mol. The third-order valence-electron chi connectivity index (χ3n) is 3.12. The summed E-state index contributed by atoms with van der Waals surface area (Å²) in [5.41, 5.74) is 0.729. The third kappa shape index (κ3) is 2.27. The first-order valence-corrected chi connectivity index (χ1v) is 5.64. The molecule has 4 nitrogen and oxygen atoms in total. The summed E-state index contributed by atoms with van der Waals surface area (Å²) in [5, 5.41) is 21.5. The maximum atomic E-state index is 11.0. The standard InChI is InChI=1S/C15H8N2O2.Na.H/c16-7-11-6-10-5-9(15(18)19)1-2-12(10)14-8-17-4-3-13(11)14;;/h1-6,8H,(H,18,19);;/q;+1;-1. The van der Waals surface area contributed by atoms with E-state index in [-0.39, 0.29) is 36.5 Å². The van der Waals surface area contributed by atoms with Gasteiger partial charge < -0.3 is 6.53 Å². The van der Waals surface area contributed by atoms with Gasteiger partial charge in [-0.05, 0) is 35.0 Å². The van der Waals surface area contributed by atoms with E-state index in [2.05, 4.69) is 11.1 Å². The molecular weight excluding hydrogens is 263 g/mol. The van der Waals surface area contributed by atoms with Gasteiger partial charge in [0.1, 0.15) is 0 Å². The molecule has 20 heavy (non-hydrogen) atoms. The van der Waals surface area contributed by atoms with Crippen molar-refractivity contribution >= 4 is 27.5 Å². The molecule has 0 aliphatic carbocycles. The predicted molar refractivity (Wildman–Crippen MR) is 72.0 cm³/mol. The first kappa shape index (κ1) is 14.5. The van der Waals surface area contributed by atoms with Gasteiger partial charge in [-0.15, -0.1) is 0 Å². The molecule has 0 bridgehead atoms. The number of carboxylic acid groups (broad SMARTS) is 1. The summed E-state index contributed by atoms with van der Waals surface area (Å²) in [4.78, 5) is 15.1. The van der Waals surface area contributed by atoms with Crippen LogP contribution in [0, 0.1) is 11.3 Å². The van der Waals surface area contributed by atoms with Crippen LogP contribution >= 0.6 is 0 Å². The van der Waals surface area contributed by atoms with E-state index in [0.717, 1.165) is 21.5 Å². The molecule has 1 heterocycles. The maximum Gasteiger partial charge on any atom is 1.00 e. The Labute approximate surface area is 138 Å². The fourth-order valence-electron chi connectivity index (χ4n) is 2.23. The van der Waals surface area contributed by atoms with Crippen LogP contribution in [-0.2, 0) is 0 Å². The predicted octanol–water partition coefficient (Wildman–Crippen LogP) is 0.0744. The molecule has 0 unspecified atom stereocenters. The normalized spacial score (nSPS) is 9.95. The molecule has 0 saturated heterocycles. The summed E-state index contributed by atoms with van der Waals surface area (Å²) in [7, 11) is 0. The second-order valence-electron chi connectivity index (χ2n) is 4.20. The van der Waals surface area contributed by atoms with Gasteiger partial charge in [0.05, 0.1) is 17.2 Å². The summed E-state index contributed by atoms with van der Waals surface area (Å²) in [6, 6.07) is 10.5. The summed E-state index contributed by atoms with van der Waals surface area (Å²) < 4.78 is 0. The van der Waals surface area contributed by atoms with Crippen LogP contribution in [0.3, 0.4) is 0 Å². The zero-order valence-electron chi connectivity index (χ0n) is 11.8. The molecule has 3 aromatic rings. The topological polar surface area (TPSA) is 74.0 Å². The monoisotopic (exact) mass is 272 g/mol. The van der Waals surface area contributed by atoms with Crippen LogP contribution < -0.4 is 29.6 Å². The van der Waals surface area contributed by atoms with Crippen LogP contribution in [0.2, 0.25) is 0 Å². The Morgan fingerprint density at radius 3 is 2.70 bits per heavy atom. The Bertz CT molecular complexity index is 875. The van der Waals surface area contributed by atoms with Crippen molar-refractivity contribution in [3.8, 4) is 6.07 Å². The van der Waals surface area contributed by atoms with Gasteiger partial charge in [0.2, 0.25) is 0 Å². The molecule has 92 valence electrons. The molecule has 0 spiro atoms. The quantitative estimate of drug-likeness (QED) is 0.502. The largest absolute Gasteiger partial charge is 1.00 e. The fourth-order valence-corrected chi connectivity index (χ4v) is 2.23. The molecule has 0 atom stereocenters. The van der Waals surface area contributed by atoms with Crippen LogP contribution in [0.1, 0.15) is 17.3 Å². The number of hydrogen-bond donors (Lipinski definition) is 1. The minimum absolute atomic E-state index is 0. The summed E-state index contributed by atoms with van der Waals surface area (Å²) >= 11 is 0. The number of nitriles is 1. The van der Waals surface area contributed by atoms with Gasteiger partial charge in [-0.2, -0.15) is 5.26 Å². The molecule has 0 amide bonds. The van der Waals surface area contributed by atoms with Gasteiger partial charge in [0.25, 0.3) is 0 Å². The molecule has 0 aliphatic heterocycles. The van der Waals surface area contributed by atoms with Crippen LogP contribution in [0.15, 0.2) is 42.7 Å². The molecule has 0 saturated carbocycles. The zero-order valence-corrected chi connectivity index (χ0v) is 12.8. The van der Waals surface area contributed by atoms with E-state index in [0.29, 0.717) is 5.56 Å². The number of aromatic nitrogens is 1. The number of hydrogen-bond acceptors (Lipinski definition) is 3. The van der Waals surface area contributed by atoms with E-state index in [1.165, 1.54) is 0 Å². The Kier molecular flexibility index (Phi) is 4.05. The van der Waals surface area contributed by atoms with Crippen molar-refractivity contribution in [3.05, 3.63) is 53.9 Å². The molecule has 0 aliphatic rings. The number of benzene rings is 2. The number of aromatic carboxylic acids is 1. The SMILES string of the molecule is N#Cc1cc2cc(C(=O)O)ccc2c2cnccc12.[H-].[Na+]. The second-order valence-corrected chi connectivity index (χ2v) is 4.20. The van der Waals surface area contributed by atoms with E-state index in [4.69, 9.17) is 5.11 Å². The van der Waals surface area contributed by atoms with Crippen LogP contribution in [-0.4, -0.2) is 16.1 Å². The van der Waals surface area contributed by atoms with E-state index >= 15 is 0 Å². The third-order valence-corrected chi connectivity index (χ3v) is 3.12. The Hall–Kier alpha value is -1.93. The van der Waals surface area contributed by atoms with Gasteiger partial charge in [0, 0.05) is 23.2 Å². The van der Waals surface area contributed by atoms with Crippen molar-refractivity contribution in [1.82, 2.24) is 4.98 Å². The van der Waals surface area contributed by atoms with Gasteiger partial charge in [-0.3, -0.25) is 4.98 Å². The van der Waals surface area contributed by atoms with Crippen molar-refractivity contribution in [2.45, 2.75) is 0 Å². The van der Waals surface area contributed by atoms with Crippen LogP contribution in [0.5, 0.6) is 0 Å². The Morgan fingerprint density at radius 2 is 2.00 bits per heavy atom. The number of rotatable bonds is 1. The number of fused-ring (bicyclic) bond motifs is 3.